The standard InChI is InChI=1S/FH2O3P.2K/c1-5(2,3)4;;/h(H2,2,3,4);;/q;2*+1/p-2. The largest absolute Gasteiger partial charge is 1.00 e. The van der Waals surface area contributed by atoms with Crippen molar-refractivity contribution < 1.29 is 121 Å². The smallest absolute Gasteiger partial charge is 0.786 e. The molecular weight excluding hydrogens is 176 g/mol. The first-order valence-electron chi connectivity index (χ1n) is 0.717. The SMILES string of the molecule is O=P([O-])([O-])F.[K+].[K+]. The van der Waals surface area contributed by atoms with Gasteiger partial charge < -0.3 is 14.4 Å². The van der Waals surface area contributed by atoms with Crippen LogP contribution >= 0.6 is 7.91 Å². The minimum absolute atomic E-state index is 0. The van der Waals surface area contributed by atoms with E-state index in [1.807, 2.05) is 0 Å². The zero-order valence-electron chi connectivity index (χ0n) is 4.05. The molecule has 32 valence electrons. The quantitative estimate of drug-likeness (QED) is 0.272. The average Bonchev–Trinajstić information content (AvgIpc) is 0.722. The van der Waals surface area contributed by atoms with E-state index in [0.717, 1.165) is 0 Å². The van der Waals surface area contributed by atoms with Gasteiger partial charge in [-0.05, 0) is 0 Å². The van der Waals surface area contributed by atoms with Crippen LogP contribution in [0, 0.1) is 0 Å². The van der Waals surface area contributed by atoms with Crippen LogP contribution in [0.1, 0.15) is 0 Å². The predicted octanol–water partition coefficient (Wildman–Crippen LogP) is -7.21. The molecule has 3 nitrogen and oxygen atoms in total. The Kier molecular flexibility index (Phi) is 17.9. The topological polar surface area (TPSA) is 63.2 Å². The number of hydrogen-bond donors (Lipinski definition) is 0. The van der Waals surface area contributed by atoms with Crippen LogP contribution in [0.5, 0.6) is 0 Å². The molecule has 0 unspecified atom stereocenters. The second kappa shape index (κ2) is 7.46. The Bertz CT molecular complexity index is 59.1. The van der Waals surface area contributed by atoms with E-state index in [4.69, 9.17) is 14.4 Å². The van der Waals surface area contributed by atoms with E-state index in [9.17, 15) is 4.20 Å². The fourth-order valence-electron chi connectivity index (χ4n) is 0. The molecule has 0 rings (SSSR count). The molecule has 0 amide bonds. The van der Waals surface area contributed by atoms with Crippen molar-refractivity contribution in [1.29, 1.82) is 0 Å². The molecular formula is FK2O3P. The minimum atomic E-state index is -5.64. The molecule has 0 spiro atoms. The van der Waals surface area contributed by atoms with Gasteiger partial charge in [0.2, 0.25) is 0 Å². The van der Waals surface area contributed by atoms with Crippen molar-refractivity contribution in [3.05, 3.63) is 0 Å². The van der Waals surface area contributed by atoms with E-state index in [1.165, 1.54) is 0 Å². The molecule has 0 aliphatic heterocycles. The summed E-state index contributed by atoms with van der Waals surface area (Å²) in [5, 5.41) is 0. The summed E-state index contributed by atoms with van der Waals surface area (Å²) in [5.74, 6) is 0. The molecule has 0 heterocycles. The first-order valence-corrected chi connectivity index (χ1v) is 2.15. The molecule has 0 aromatic rings. The van der Waals surface area contributed by atoms with Crippen LogP contribution in [0.4, 0.5) is 4.20 Å². The zero-order valence-corrected chi connectivity index (χ0v) is 11.2. The van der Waals surface area contributed by atoms with Gasteiger partial charge in [0.25, 0.3) is 0 Å². The molecule has 7 heavy (non-hydrogen) atoms. The molecule has 0 aromatic carbocycles. The van der Waals surface area contributed by atoms with Gasteiger partial charge in [-0.1, -0.05) is 0 Å². The molecule has 0 aliphatic rings. The summed E-state index contributed by atoms with van der Waals surface area (Å²) < 4.78 is 18.6. The van der Waals surface area contributed by atoms with E-state index >= 15 is 0 Å². The van der Waals surface area contributed by atoms with Crippen LogP contribution in [0.2, 0.25) is 0 Å². The fraction of sp³-hybridized carbons (Fsp3) is 0. The maximum absolute atomic E-state index is 10.1. The van der Waals surface area contributed by atoms with E-state index in [-0.39, 0.29) is 103 Å². The second-order valence-electron chi connectivity index (χ2n) is 0.431. The van der Waals surface area contributed by atoms with Gasteiger partial charge in [0, 0.05) is 0 Å². The zero-order chi connectivity index (χ0) is 4.50. The Morgan fingerprint density at radius 1 is 1.29 bits per heavy atom. The summed E-state index contributed by atoms with van der Waals surface area (Å²) in [5.41, 5.74) is 0. The van der Waals surface area contributed by atoms with Gasteiger partial charge in [-0.2, -0.15) is 0 Å². The average molecular weight is 176 g/mol. The summed E-state index contributed by atoms with van der Waals surface area (Å²) in [6.45, 7) is 0. The van der Waals surface area contributed by atoms with Crippen molar-refractivity contribution in [2.75, 3.05) is 0 Å². The number of halogens is 1. The first-order chi connectivity index (χ1) is 2.00. The van der Waals surface area contributed by atoms with Gasteiger partial charge in [-0.15, -0.1) is 0 Å². The molecule has 0 atom stereocenters. The second-order valence-corrected chi connectivity index (χ2v) is 1.29. The van der Waals surface area contributed by atoms with Gasteiger partial charge in [0.05, 0.1) is 0 Å². The van der Waals surface area contributed by atoms with E-state index in [1.54, 1.807) is 0 Å². The summed E-state index contributed by atoms with van der Waals surface area (Å²) in [4.78, 5) is 16.9. The first kappa shape index (κ1) is 16.8. The van der Waals surface area contributed by atoms with Gasteiger partial charge >= 0.3 is 103 Å². The third kappa shape index (κ3) is 45.0. The van der Waals surface area contributed by atoms with E-state index in [2.05, 4.69) is 0 Å². The Morgan fingerprint density at radius 3 is 1.29 bits per heavy atom. The van der Waals surface area contributed by atoms with Crippen molar-refractivity contribution in [2.24, 2.45) is 0 Å². The molecule has 0 saturated heterocycles. The summed E-state index contributed by atoms with van der Waals surface area (Å²) >= 11 is 0. The maximum atomic E-state index is 10.1. The Morgan fingerprint density at radius 2 is 1.29 bits per heavy atom. The molecule has 0 aliphatic carbocycles. The summed E-state index contributed by atoms with van der Waals surface area (Å²) in [6, 6.07) is 0. The molecule has 0 aromatic heterocycles. The van der Waals surface area contributed by atoms with Crippen molar-refractivity contribution in [2.45, 2.75) is 0 Å². The monoisotopic (exact) mass is 176 g/mol. The van der Waals surface area contributed by atoms with Crippen molar-refractivity contribution in [3.8, 4) is 0 Å². The van der Waals surface area contributed by atoms with Crippen LogP contribution in [-0.4, -0.2) is 0 Å². The van der Waals surface area contributed by atoms with Crippen LogP contribution in [0.3, 0.4) is 0 Å². The third-order valence-electron chi connectivity index (χ3n) is 0. The van der Waals surface area contributed by atoms with Crippen LogP contribution in [-0.2, 0) is 4.57 Å². The third-order valence-corrected chi connectivity index (χ3v) is 0. The Hall–Kier alpha value is 3.35. The molecule has 0 radical (unpaired) electrons. The maximum Gasteiger partial charge on any atom is 1.00 e. The molecule has 0 N–H and O–H groups in total. The van der Waals surface area contributed by atoms with Gasteiger partial charge in [0.15, 0.2) is 0 Å². The predicted molar refractivity (Wildman–Crippen MR) is 8.71 cm³/mol. The van der Waals surface area contributed by atoms with E-state index < -0.39 is 7.91 Å². The molecule has 0 bridgehead atoms. The number of rotatable bonds is 0. The van der Waals surface area contributed by atoms with Gasteiger partial charge in [-0.25, -0.2) is 4.20 Å². The van der Waals surface area contributed by atoms with Crippen LogP contribution in [0.25, 0.3) is 0 Å². The van der Waals surface area contributed by atoms with Crippen molar-refractivity contribution in [1.82, 2.24) is 0 Å². The minimum Gasteiger partial charge on any atom is -0.786 e. The molecule has 7 heteroatoms. The van der Waals surface area contributed by atoms with E-state index in [0.29, 0.717) is 0 Å². The van der Waals surface area contributed by atoms with Crippen molar-refractivity contribution >= 4 is 7.91 Å². The van der Waals surface area contributed by atoms with Crippen molar-refractivity contribution in [3.63, 3.8) is 0 Å². The fourth-order valence-corrected chi connectivity index (χ4v) is 0. The summed E-state index contributed by atoms with van der Waals surface area (Å²) in [7, 11) is -5.64. The Balaban J connectivity index is -0.0000000800. The van der Waals surface area contributed by atoms with Crippen LogP contribution in [0.15, 0.2) is 0 Å². The Labute approximate surface area is 126 Å². The normalized spacial score (nSPS) is 8.43. The number of hydrogen-bond acceptors (Lipinski definition) is 3. The van der Waals surface area contributed by atoms with Gasteiger partial charge in [0.1, 0.15) is 7.91 Å². The van der Waals surface area contributed by atoms with Gasteiger partial charge in [-0.3, -0.25) is 0 Å². The summed E-state index contributed by atoms with van der Waals surface area (Å²) in [6.07, 6.45) is 0. The van der Waals surface area contributed by atoms with Crippen LogP contribution < -0.4 is 113 Å². The molecule has 0 saturated carbocycles. The molecule has 0 fully saturated rings.